The number of ether oxygens (including phenoxy) is 2. The van der Waals surface area contributed by atoms with Crippen LogP contribution in [0.5, 0.6) is 0 Å². The molecule has 3 amide bonds. The Morgan fingerprint density at radius 3 is 2.51 bits per heavy atom. The van der Waals surface area contributed by atoms with Crippen molar-refractivity contribution in [1.29, 1.82) is 0 Å². The number of amides is 3. The van der Waals surface area contributed by atoms with Gasteiger partial charge in [0.05, 0.1) is 35.0 Å². The van der Waals surface area contributed by atoms with Crippen LogP contribution >= 0.6 is 11.8 Å². The molecule has 0 spiro atoms. The first-order valence-electron chi connectivity index (χ1n) is 12.6. The molecular formula is C30H30N2O6S. The number of nitrogens with zero attached hydrogens (tertiary/aromatic N) is 2. The largest absolute Gasteiger partial charge is 0.501 e. The Morgan fingerprint density at radius 1 is 1.05 bits per heavy atom. The Balaban J connectivity index is 1.68. The summed E-state index contributed by atoms with van der Waals surface area (Å²) in [5.74, 6) is -1.13. The van der Waals surface area contributed by atoms with E-state index >= 15 is 0 Å². The van der Waals surface area contributed by atoms with Gasteiger partial charge in [-0.3, -0.25) is 24.1 Å². The standard InChI is InChI=1S/C30H30N2O6S/c1-5-21(37-4)16-15-19(2)27-26(38-20(3)33)30(36)31(24-13-9-10-14-25(24)39-27)17-18-32-28(34)22-11-7-6-8-12-23(22)29(32)35/h6-11,13-16,26-27H,5,17-18H2,1-4H3/b19-15+,21-16+. The van der Waals surface area contributed by atoms with E-state index in [2.05, 4.69) is 5.73 Å². The number of allylic oxidation sites excluding steroid dienone is 6. The summed E-state index contributed by atoms with van der Waals surface area (Å²) in [6.07, 6.45) is 9.86. The van der Waals surface area contributed by atoms with Crippen LogP contribution in [0.25, 0.3) is 0 Å². The van der Waals surface area contributed by atoms with E-state index in [9.17, 15) is 19.2 Å². The summed E-state index contributed by atoms with van der Waals surface area (Å²) in [5, 5.41) is -0.507. The van der Waals surface area contributed by atoms with Gasteiger partial charge in [-0.2, -0.15) is 0 Å². The summed E-state index contributed by atoms with van der Waals surface area (Å²) in [4.78, 5) is 55.6. The maximum absolute atomic E-state index is 14.0. The summed E-state index contributed by atoms with van der Waals surface area (Å²) in [6.45, 7) is 5.13. The van der Waals surface area contributed by atoms with Gasteiger partial charge in [0.2, 0.25) is 0 Å². The maximum atomic E-state index is 14.0. The minimum atomic E-state index is -1.12. The SMILES string of the molecule is CC/C(=C\C=C(/C)C1Sc2ccccc2N(CCN2C(=O)C3=C=CC=CC=C3C2=O)C(=O)C1OC(C)=O)OC. The molecule has 0 bridgehead atoms. The van der Waals surface area contributed by atoms with Crippen molar-refractivity contribution in [3.63, 3.8) is 0 Å². The van der Waals surface area contributed by atoms with E-state index in [1.807, 2.05) is 50.3 Å². The number of esters is 1. The summed E-state index contributed by atoms with van der Waals surface area (Å²) in [7, 11) is 1.60. The first-order valence-corrected chi connectivity index (χ1v) is 13.5. The summed E-state index contributed by atoms with van der Waals surface area (Å²) < 4.78 is 11.0. The van der Waals surface area contributed by atoms with Crippen molar-refractivity contribution >= 4 is 41.1 Å². The van der Waals surface area contributed by atoms with Crippen LogP contribution in [0.15, 0.2) is 93.8 Å². The molecule has 0 aromatic heterocycles. The third-order valence-corrected chi connectivity index (χ3v) is 8.00. The molecular weight excluding hydrogens is 516 g/mol. The van der Waals surface area contributed by atoms with E-state index in [4.69, 9.17) is 9.47 Å². The molecule has 202 valence electrons. The van der Waals surface area contributed by atoms with Crippen LogP contribution in [0, 0.1) is 0 Å². The number of rotatable bonds is 8. The van der Waals surface area contributed by atoms with E-state index in [0.717, 1.165) is 21.1 Å². The molecule has 3 aliphatic rings. The van der Waals surface area contributed by atoms with Crippen LogP contribution < -0.4 is 4.90 Å². The zero-order valence-electron chi connectivity index (χ0n) is 22.3. The molecule has 39 heavy (non-hydrogen) atoms. The molecule has 2 atom stereocenters. The van der Waals surface area contributed by atoms with Gasteiger partial charge in [-0.25, -0.2) is 0 Å². The first-order chi connectivity index (χ1) is 18.8. The van der Waals surface area contributed by atoms with Crippen LogP contribution in [0.2, 0.25) is 0 Å². The Labute approximate surface area is 232 Å². The van der Waals surface area contributed by atoms with Gasteiger partial charge in [0.15, 0.2) is 6.10 Å². The normalized spacial score (nSPS) is 21.2. The molecule has 1 aromatic carbocycles. The minimum absolute atomic E-state index is 0.0304. The number of imide groups is 1. The molecule has 1 saturated heterocycles. The fourth-order valence-electron chi connectivity index (χ4n) is 4.51. The topological polar surface area (TPSA) is 93.2 Å². The number of likely N-dealkylation sites (tertiary alicyclic amines) is 1. The summed E-state index contributed by atoms with van der Waals surface area (Å²) in [5.41, 5.74) is 4.79. The van der Waals surface area contributed by atoms with Crippen LogP contribution in [-0.4, -0.2) is 60.1 Å². The number of thioether (sulfide) groups is 1. The number of methoxy groups -OCH3 is 1. The first kappa shape index (κ1) is 28.0. The van der Waals surface area contributed by atoms with Crippen molar-refractivity contribution in [2.24, 2.45) is 0 Å². The fraction of sp³-hybridized carbons (Fsp3) is 0.300. The van der Waals surface area contributed by atoms with Gasteiger partial charge in [-0.15, -0.1) is 17.5 Å². The van der Waals surface area contributed by atoms with Crippen LogP contribution in [0.1, 0.15) is 27.2 Å². The van der Waals surface area contributed by atoms with Gasteiger partial charge in [-0.1, -0.05) is 42.9 Å². The average Bonchev–Trinajstić information content (AvgIpc) is 3.11. The summed E-state index contributed by atoms with van der Waals surface area (Å²) >= 11 is 1.43. The second-order valence-electron chi connectivity index (χ2n) is 9.04. The molecule has 0 N–H and O–H groups in total. The van der Waals surface area contributed by atoms with Gasteiger partial charge < -0.3 is 14.4 Å². The lowest BCUT2D eigenvalue weighted by molar-refractivity contribution is -0.152. The van der Waals surface area contributed by atoms with E-state index in [1.165, 1.54) is 23.6 Å². The molecule has 1 fully saturated rings. The highest BCUT2D eigenvalue weighted by Crippen LogP contribution is 2.41. The second-order valence-corrected chi connectivity index (χ2v) is 10.2. The number of hydrogen-bond acceptors (Lipinski definition) is 7. The highest BCUT2D eigenvalue weighted by atomic mass is 32.2. The summed E-state index contributed by atoms with van der Waals surface area (Å²) in [6, 6.07) is 7.39. The molecule has 0 radical (unpaired) electrons. The predicted molar refractivity (Wildman–Crippen MR) is 149 cm³/mol. The molecule has 2 aliphatic heterocycles. The third-order valence-electron chi connectivity index (χ3n) is 6.53. The number of carbonyl (C=O) groups excluding carboxylic acids is 4. The van der Waals surface area contributed by atoms with Gasteiger partial charge >= 0.3 is 5.97 Å². The highest BCUT2D eigenvalue weighted by Gasteiger charge is 2.43. The zero-order chi connectivity index (χ0) is 28.1. The van der Waals surface area contributed by atoms with E-state index in [1.54, 1.807) is 31.4 Å². The van der Waals surface area contributed by atoms with Crippen molar-refractivity contribution in [1.82, 2.24) is 4.90 Å². The molecule has 2 unspecified atom stereocenters. The highest BCUT2D eigenvalue weighted by molar-refractivity contribution is 8.00. The fourth-order valence-corrected chi connectivity index (χ4v) is 5.80. The van der Waals surface area contributed by atoms with Gasteiger partial charge in [-0.05, 0) is 37.3 Å². The van der Waals surface area contributed by atoms with E-state index in [0.29, 0.717) is 12.1 Å². The number of benzene rings is 1. The van der Waals surface area contributed by atoms with Crippen molar-refractivity contribution in [2.45, 2.75) is 43.4 Å². The quantitative estimate of drug-likeness (QED) is 0.158. The van der Waals surface area contributed by atoms with E-state index < -0.39 is 35.0 Å². The lowest BCUT2D eigenvalue weighted by atomic mass is 10.1. The molecule has 0 saturated carbocycles. The third kappa shape index (κ3) is 5.85. The van der Waals surface area contributed by atoms with Crippen LogP contribution in [0.4, 0.5) is 5.69 Å². The lowest BCUT2D eigenvalue weighted by Gasteiger charge is -2.28. The Kier molecular flexibility index (Phi) is 8.74. The Morgan fingerprint density at radius 2 is 1.79 bits per heavy atom. The number of anilines is 1. The number of hydrogen-bond donors (Lipinski definition) is 0. The monoisotopic (exact) mass is 546 g/mol. The maximum Gasteiger partial charge on any atom is 0.303 e. The van der Waals surface area contributed by atoms with Crippen LogP contribution in [0.3, 0.4) is 0 Å². The smallest absolute Gasteiger partial charge is 0.303 e. The van der Waals surface area contributed by atoms with Crippen molar-refractivity contribution < 1.29 is 28.7 Å². The van der Waals surface area contributed by atoms with E-state index in [-0.39, 0.29) is 24.2 Å². The van der Waals surface area contributed by atoms with Crippen molar-refractivity contribution in [2.75, 3.05) is 25.1 Å². The molecule has 4 rings (SSSR count). The lowest BCUT2D eigenvalue weighted by Crippen LogP contribution is -2.48. The van der Waals surface area contributed by atoms with Crippen molar-refractivity contribution in [3.05, 3.63) is 88.9 Å². The Hall–Kier alpha value is -4.07. The average molecular weight is 547 g/mol. The number of fused-ring (bicyclic) bond motifs is 2. The Bertz CT molecular complexity index is 1390. The second kappa shape index (κ2) is 12.2. The molecule has 8 nitrogen and oxygen atoms in total. The van der Waals surface area contributed by atoms with Gasteiger partial charge in [0.1, 0.15) is 0 Å². The van der Waals surface area contributed by atoms with Crippen LogP contribution in [-0.2, 0) is 28.7 Å². The van der Waals surface area contributed by atoms with Gasteiger partial charge in [0, 0.05) is 31.3 Å². The predicted octanol–water partition coefficient (Wildman–Crippen LogP) is 4.26. The minimum Gasteiger partial charge on any atom is -0.501 e. The molecule has 2 heterocycles. The molecule has 1 aliphatic carbocycles. The zero-order valence-corrected chi connectivity index (χ0v) is 23.1. The number of para-hydroxylation sites is 1. The number of carbonyl (C=O) groups is 4. The molecule has 9 heteroatoms. The van der Waals surface area contributed by atoms with Crippen molar-refractivity contribution in [3.8, 4) is 0 Å². The van der Waals surface area contributed by atoms with Gasteiger partial charge in [0.25, 0.3) is 17.7 Å². The molecule has 1 aromatic rings.